The van der Waals surface area contributed by atoms with Gasteiger partial charge in [0.25, 0.3) is 5.91 Å². The van der Waals surface area contributed by atoms with Crippen molar-refractivity contribution in [3.05, 3.63) is 71.9 Å². The molecule has 1 aromatic heterocycles. The molecule has 1 aliphatic carbocycles. The quantitative estimate of drug-likeness (QED) is 0.666. The number of fused-ring (bicyclic) bond motifs is 1. The van der Waals surface area contributed by atoms with Crippen LogP contribution in [0.5, 0.6) is 11.5 Å². The smallest absolute Gasteiger partial charge is 0.253 e. The fourth-order valence-corrected chi connectivity index (χ4v) is 3.90. The fourth-order valence-electron chi connectivity index (χ4n) is 3.90. The SMILES string of the molecule is CN(C)C(=O)c1ccc(-c2ccc(NC(=O)C3(c4ccc5c(c4)OCO5)CC3)nc2)cc1. The molecule has 2 aliphatic rings. The summed E-state index contributed by atoms with van der Waals surface area (Å²) < 4.78 is 10.8. The highest BCUT2D eigenvalue weighted by Crippen LogP contribution is 2.51. The minimum atomic E-state index is -0.545. The molecule has 2 heterocycles. The first-order chi connectivity index (χ1) is 15.5. The number of carbonyl (C=O) groups excluding carboxylic acids is 2. The van der Waals surface area contributed by atoms with E-state index in [0.29, 0.717) is 22.9 Å². The zero-order valence-electron chi connectivity index (χ0n) is 17.9. The zero-order valence-corrected chi connectivity index (χ0v) is 17.9. The van der Waals surface area contributed by atoms with Crippen molar-refractivity contribution >= 4 is 17.6 Å². The highest BCUT2D eigenvalue weighted by atomic mass is 16.7. The van der Waals surface area contributed by atoms with Crippen LogP contribution in [0.1, 0.15) is 28.8 Å². The average Bonchev–Trinajstić information content (AvgIpc) is 3.50. The highest BCUT2D eigenvalue weighted by Gasteiger charge is 2.51. The molecule has 2 aromatic carbocycles. The predicted molar refractivity (Wildman–Crippen MR) is 120 cm³/mol. The van der Waals surface area contributed by atoms with Gasteiger partial charge in [-0.3, -0.25) is 9.59 Å². The third-order valence-corrected chi connectivity index (χ3v) is 5.99. The van der Waals surface area contributed by atoms with E-state index in [1.165, 1.54) is 0 Å². The Morgan fingerprint density at radius 1 is 0.938 bits per heavy atom. The molecule has 32 heavy (non-hydrogen) atoms. The van der Waals surface area contributed by atoms with Crippen molar-refractivity contribution in [1.29, 1.82) is 0 Å². The van der Waals surface area contributed by atoms with Gasteiger partial charge >= 0.3 is 0 Å². The van der Waals surface area contributed by atoms with Gasteiger partial charge < -0.3 is 19.7 Å². The summed E-state index contributed by atoms with van der Waals surface area (Å²) >= 11 is 0. The van der Waals surface area contributed by atoms with Crippen molar-refractivity contribution in [2.45, 2.75) is 18.3 Å². The molecule has 2 amide bonds. The molecule has 1 saturated carbocycles. The summed E-state index contributed by atoms with van der Waals surface area (Å²) in [5, 5.41) is 2.95. The number of aromatic nitrogens is 1. The lowest BCUT2D eigenvalue weighted by Crippen LogP contribution is -2.28. The Balaban J connectivity index is 1.29. The topological polar surface area (TPSA) is 80.8 Å². The van der Waals surface area contributed by atoms with Crippen molar-refractivity contribution in [3.63, 3.8) is 0 Å². The minimum Gasteiger partial charge on any atom is -0.454 e. The molecule has 0 spiro atoms. The monoisotopic (exact) mass is 429 g/mol. The maximum absolute atomic E-state index is 13.0. The van der Waals surface area contributed by atoms with E-state index in [-0.39, 0.29) is 18.6 Å². The van der Waals surface area contributed by atoms with Crippen LogP contribution in [0.3, 0.4) is 0 Å². The summed E-state index contributed by atoms with van der Waals surface area (Å²) in [5.74, 6) is 1.79. The van der Waals surface area contributed by atoms with Crippen LogP contribution < -0.4 is 14.8 Å². The Kier molecular flexibility index (Phi) is 4.81. The molecule has 1 N–H and O–H groups in total. The van der Waals surface area contributed by atoms with E-state index in [9.17, 15) is 9.59 Å². The Morgan fingerprint density at radius 2 is 1.66 bits per heavy atom. The van der Waals surface area contributed by atoms with Crippen molar-refractivity contribution < 1.29 is 19.1 Å². The van der Waals surface area contributed by atoms with Gasteiger partial charge in [0.1, 0.15) is 5.82 Å². The van der Waals surface area contributed by atoms with Crippen LogP contribution in [-0.2, 0) is 10.2 Å². The van der Waals surface area contributed by atoms with Gasteiger partial charge in [-0.1, -0.05) is 18.2 Å². The van der Waals surface area contributed by atoms with E-state index in [2.05, 4.69) is 10.3 Å². The number of nitrogens with one attached hydrogen (secondary N) is 1. The maximum Gasteiger partial charge on any atom is 0.253 e. The Labute approximate surface area is 186 Å². The van der Waals surface area contributed by atoms with Crippen LogP contribution >= 0.6 is 0 Å². The maximum atomic E-state index is 13.0. The van der Waals surface area contributed by atoms with Gasteiger partial charge in [-0.2, -0.15) is 0 Å². The number of carbonyl (C=O) groups is 2. The molecule has 3 aromatic rings. The Bertz CT molecular complexity index is 1180. The van der Waals surface area contributed by atoms with Crippen molar-refractivity contribution in [2.24, 2.45) is 0 Å². The molecule has 0 radical (unpaired) electrons. The zero-order chi connectivity index (χ0) is 22.3. The summed E-state index contributed by atoms with van der Waals surface area (Å²) in [6.07, 6.45) is 3.29. The second kappa shape index (κ2) is 7.67. The number of ether oxygens (including phenoxy) is 2. The van der Waals surface area contributed by atoms with Crippen LogP contribution in [0.4, 0.5) is 5.82 Å². The molecule has 0 unspecified atom stereocenters. The van der Waals surface area contributed by atoms with Crippen LogP contribution in [-0.4, -0.2) is 42.6 Å². The number of amides is 2. The third-order valence-electron chi connectivity index (χ3n) is 5.99. The summed E-state index contributed by atoms with van der Waals surface area (Å²) in [6.45, 7) is 0.211. The van der Waals surface area contributed by atoms with Crippen molar-refractivity contribution in [2.75, 3.05) is 26.2 Å². The number of anilines is 1. The van der Waals surface area contributed by atoms with Gasteiger partial charge in [0.05, 0.1) is 5.41 Å². The highest BCUT2D eigenvalue weighted by molar-refractivity contribution is 6.01. The molecule has 162 valence electrons. The van der Waals surface area contributed by atoms with Crippen molar-refractivity contribution in [1.82, 2.24) is 9.88 Å². The van der Waals surface area contributed by atoms with Crippen LogP contribution in [0.25, 0.3) is 11.1 Å². The van der Waals surface area contributed by atoms with Crippen LogP contribution in [0.2, 0.25) is 0 Å². The molecule has 7 heteroatoms. The Morgan fingerprint density at radius 3 is 2.31 bits per heavy atom. The average molecular weight is 429 g/mol. The first-order valence-electron chi connectivity index (χ1n) is 10.5. The Hall–Kier alpha value is -3.87. The molecule has 5 rings (SSSR count). The van der Waals surface area contributed by atoms with Crippen molar-refractivity contribution in [3.8, 4) is 22.6 Å². The summed E-state index contributed by atoms with van der Waals surface area (Å²) in [7, 11) is 3.46. The molecule has 7 nitrogen and oxygen atoms in total. The van der Waals surface area contributed by atoms with E-state index >= 15 is 0 Å². The van der Waals surface area contributed by atoms with Gasteiger partial charge in [-0.15, -0.1) is 0 Å². The molecule has 0 bridgehead atoms. The van der Waals surface area contributed by atoms with Gasteiger partial charge in [-0.05, 0) is 60.4 Å². The largest absolute Gasteiger partial charge is 0.454 e. The van der Waals surface area contributed by atoms with Crippen LogP contribution in [0.15, 0.2) is 60.8 Å². The van der Waals surface area contributed by atoms with E-state index in [0.717, 1.165) is 29.5 Å². The first-order valence-corrected chi connectivity index (χ1v) is 10.5. The van der Waals surface area contributed by atoms with Gasteiger partial charge in [0.15, 0.2) is 11.5 Å². The second-order valence-corrected chi connectivity index (χ2v) is 8.31. The summed E-state index contributed by atoms with van der Waals surface area (Å²) in [4.78, 5) is 31.1. The van der Waals surface area contributed by atoms with E-state index < -0.39 is 5.41 Å². The molecular weight excluding hydrogens is 406 g/mol. The number of pyridine rings is 1. The van der Waals surface area contributed by atoms with Gasteiger partial charge in [0.2, 0.25) is 12.7 Å². The lowest BCUT2D eigenvalue weighted by atomic mass is 9.94. The minimum absolute atomic E-state index is 0.0378. The van der Waals surface area contributed by atoms with E-state index in [1.807, 2.05) is 36.4 Å². The summed E-state index contributed by atoms with van der Waals surface area (Å²) in [5.41, 5.74) is 2.88. The van der Waals surface area contributed by atoms with E-state index in [4.69, 9.17) is 9.47 Å². The number of hydrogen-bond acceptors (Lipinski definition) is 5. The normalized spacial score (nSPS) is 15.2. The second-order valence-electron chi connectivity index (χ2n) is 8.31. The lowest BCUT2D eigenvalue weighted by molar-refractivity contribution is -0.118. The fraction of sp³-hybridized carbons (Fsp3) is 0.240. The van der Waals surface area contributed by atoms with E-state index in [1.54, 1.807) is 43.4 Å². The molecule has 1 aliphatic heterocycles. The first kappa shape index (κ1) is 20.1. The number of benzene rings is 2. The molecule has 0 saturated heterocycles. The van der Waals surface area contributed by atoms with Crippen LogP contribution in [0, 0.1) is 0 Å². The standard InChI is InChI=1S/C25H23N3O4/c1-28(2)23(29)17-5-3-16(4-6-17)18-7-10-22(26-14-18)27-24(30)25(11-12-25)19-8-9-20-21(13-19)32-15-31-20/h3-10,13-14H,11-12,15H2,1-2H3,(H,26,27,30). The van der Waals surface area contributed by atoms with Gasteiger partial charge in [-0.25, -0.2) is 4.98 Å². The third kappa shape index (κ3) is 3.56. The van der Waals surface area contributed by atoms with Gasteiger partial charge in [0, 0.05) is 31.4 Å². The molecule has 1 fully saturated rings. The lowest BCUT2D eigenvalue weighted by Gasteiger charge is -2.16. The molecule has 0 atom stereocenters. The molecular formula is C25H23N3O4. The number of rotatable bonds is 5. The summed E-state index contributed by atoms with van der Waals surface area (Å²) in [6, 6.07) is 16.8. The predicted octanol–water partition coefficient (Wildman–Crippen LogP) is 3.85. The number of hydrogen-bond donors (Lipinski definition) is 1. The number of nitrogens with zero attached hydrogens (tertiary/aromatic N) is 2.